The molecule has 114 valence electrons. The predicted molar refractivity (Wildman–Crippen MR) is 84.4 cm³/mol. The predicted octanol–water partition coefficient (Wildman–Crippen LogP) is 3.29. The van der Waals surface area contributed by atoms with Gasteiger partial charge in [-0.2, -0.15) is 0 Å². The third-order valence-corrected chi connectivity index (χ3v) is 4.31. The van der Waals surface area contributed by atoms with Crippen molar-refractivity contribution in [3.8, 4) is 0 Å². The van der Waals surface area contributed by atoms with Gasteiger partial charge in [0.25, 0.3) is 5.69 Å². The molecule has 7 nitrogen and oxygen atoms in total. The molecule has 0 aliphatic heterocycles. The highest BCUT2D eigenvalue weighted by Crippen LogP contribution is 2.38. The van der Waals surface area contributed by atoms with Gasteiger partial charge in [-0.3, -0.25) is 20.2 Å². The van der Waals surface area contributed by atoms with Crippen molar-refractivity contribution in [1.82, 2.24) is 0 Å². The van der Waals surface area contributed by atoms with Crippen LogP contribution in [0.1, 0.15) is 10.8 Å². The van der Waals surface area contributed by atoms with E-state index < -0.39 is 15.1 Å². The topological polar surface area (TPSA) is 112 Å². The molecule has 0 heterocycles. The summed E-state index contributed by atoms with van der Waals surface area (Å²) in [7, 11) is 0. The van der Waals surface area contributed by atoms with Crippen LogP contribution in [-0.2, 0) is 0 Å². The summed E-state index contributed by atoms with van der Waals surface area (Å²) in [6.45, 7) is -0.295. The van der Waals surface area contributed by atoms with Crippen molar-refractivity contribution in [2.45, 2.75) is 10.1 Å². The van der Waals surface area contributed by atoms with E-state index in [0.717, 1.165) is 4.90 Å². The van der Waals surface area contributed by atoms with Crippen LogP contribution in [0.15, 0.2) is 53.4 Å². The molecular formula is C14H13N3O4S. The fraction of sp³-hybridized carbons (Fsp3) is 0.143. The van der Waals surface area contributed by atoms with Crippen molar-refractivity contribution < 1.29 is 9.85 Å². The minimum absolute atomic E-state index is 0.0483. The summed E-state index contributed by atoms with van der Waals surface area (Å²) >= 11 is 1.27. The van der Waals surface area contributed by atoms with Crippen LogP contribution in [0.3, 0.4) is 0 Å². The van der Waals surface area contributed by atoms with E-state index in [-0.39, 0.29) is 12.2 Å². The van der Waals surface area contributed by atoms with Crippen molar-refractivity contribution in [1.29, 1.82) is 0 Å². The molecule has 8 heteroatoms. The minimum Gasteiger partial charge on any atom is -0.398 e. The van der Waals surface area contributed by atoms with Gasteiger partial charge < -0.3 is 5.73 Å². The molecule has 0 aliphatic carbocycles. The maximum atomic E-state index is 10.9. The van der Waals surface area contributed by atoms with Crippen LogP contribution in [0.5, 0.6) is 0 Å². The zero-order valence-electron chi connectivity index (χ0n) is 11.4. The first-order valence-electron chi connectivity index (χ1n) is 6.34. The molecule has 0 saturated heterocycles. The van der Waals surface area contributed by atoms with Crippen molar-refractivity contribution in [2.24, 2.45) is 0 Å². The highest BCUT2D eigenvalue weighted by atomic mass is 32.2. The molecule has 1 atom stereocenters. The van der Waals surface area contributed by atoms with E-state index in [1.807, 2.05) is 0 Å². The molecule has 0 bridgehead atoms. The standard InChI is InChI=1S/C14H13N3O4S/c15-12-3-1-2-4-13(12)22-14(9-16(18)19)10-5-7-11(8-6-10)17(20)21/h1-8,14H,9,15H2. The van der Waals surface area contributed by atoms with E-state index in [0.29, 0.717) is 11.3 Å². The molecular weight excluding hydrogens is 306 g/mol. The number of para-hydroxylation sites is 1. The lowest BCUT2D eigenvalue weighted by molar-refractivity contribution is -0.479. The number of hydrogen-bond donors (Lipinski definition) is 1. The number of anilines is 1. The van der Waals surface area contributed by atoms with Gasteiger partial charge in [0.2, 0.25) is 6.54 Å². The van der Waals surface area contributed by atoms with E-state index in [1.165, 1.54) is 23.9 Å². The Hall–Kier alpha value is -2.61. The van der Waals surface area contributed by atoms with Gasteiger partial charge in [0.05, 0.1) is 10.2 Å². The zero-order chi connectivity index (χ0) is 16.1. The lowest BCUT2D eigenvalue weighted by atomic mass is 10.1. The minimum atomic E-state index is -0.505. The Labute approximate surface area is 130 Å². The molecule has 0 amide bonds. The smallest absolute Gasteiger partial charge is 0.269 e. The van der Waals surface area contributed by atoms with Gasteiger partial charge in [-0.25, -0.2) is 0 Å². The van der Waals surface area contributed by atoms with Crippen LogP contribution in [0.4, 0.5) is 11.4 Å². The first kappa shape index (κ1) is 15.8. The summed E-state index contributed by atoms with van der Waals surface area (Å²) in [5, 5.41) is 21.1. The van der Waals surface area contributed by atoms with E-state index in [2.05, 4.69) is 0 Å². The Morgan fingerprint density at radius 1 is 1.05 bits per heavy atom. The van der Waals surface area contributed by atoms with Crippen molar-refractivity contribution in [3.05, 3.63) is 74.3 Å². The second kappa shape index (κ2) is 6.90. The number of nitrogen functional groups attached to an aromatic ring is 1. The Morgan fingerprint density at radius 3 is 2.23 bits per heavy atom. The van der Waals surface area contributed by atoms with E-state index in [9.17, 15) is 20.2 Å². The normalized spacial score (nSPS) is 11.8. The maximum absolute atomic E-state index is 10.9. The van der Waals surface area contributed by atoms with Gasteiger partial charge in [-0.15, -0.1) is 11.8 Å². The average Bonchev–Trinajstić information content (AvgIpc) is 2.48. The highest BCUT2D eigenvalue weighted by molar-refractivity contribution is 7.99. The van der Waals surface area contributed by atoms with E-state index in [4.69, 9.17) is 5.73 Å². The number of nitro benzene ring substituents is 1. The Morgan fingerprint density at radius 2 is 1.68 bits per heavy atom. The first-order valence-corrected chi connectivity index (χ1v) is 7.22. The number of hydrogen-bond acceptors (Lipinski definition) is 6. The summed E-state index contributed by atoms with van der Waals surface area (Å²) in [6, 6.07) is 12.9. The summed E-state index contributed by atoms with van der Waals surface area (Å²) in [5.41, 5.74) is 7.01. The van der Waals surface area contributed by atoms with Crippen LogP contribution in [0.2, 0.25) is 0 Å². The second-order valence-electron chi connectivity index (χ2n) is 4.51. The fourth-order valence-electron chi connectivity index (χ4n) is 1.90. The van der Waals surface area contributed by atoms with Gasteiger partial charge in [-0.05, 0) is 17.7 Å². The summed E-state index contributed by atoms with van der Waals surface area (Å²) in [6.07, 6.45) is 0. The van der Waals surface area contributed by atoms with Crippen LogP contribution in [0, 0.1) is 20.2 Å². The molecule has 0 aromatic heterocycles. The number of nitrogens with zero attached hydrogens (tertiary/aromatic N) is 2. The molecule has 1 unspecified atom stereocenters. The monoisotopic (exact) mass is 319 g/mol. The second-order valence-corrected chi connectivity index (χ2v) is 5.75. The van der Waals surface area contributed by atoms with Crippen LogP contribution < -0.4 is 5.73 Å². The number of non-ortho nitro benzene ring substituents is 1. The molecule has 2 rings (SSSR count). The molecule has 0 fully saturated rings. The number of thioether (sulfide) groups is 1. The molecule has 0 radical (unpaired) electrons. The summed E-state index contributed by atoms with van der Waals surface area (Å²) in [4.78, 5) is 21.4. The number of rotatable bonds is 6. The van der Waals surface area contributed by atoms with E-state index >= 15 is 0 Å². The number of benzene rings is 2. The van der Waals surface area contributed by atoms with Gasteiger partial charge >= 0.3 is 0 Å². The summed E-state index contributed by atoms with van der Waals surface area (Å²) < 4.78 is 0. The average molecular weight is 319 g/mol. The van der Waals surface area contributed by atoms with Gasteiger partial charge in [0.15, 0.2) is 0 Å². The SMILES string of the molecule is Nc1ccccc1SC(C[N+](=O)[O-])c1ccc([N+](=O)[O-])cc1. The molecule has 0 saturated carbocycles. The zero-order valence-corrected chi connectivity index (χ0v) is 12.2. The summed E-state index contributed by atoms with van der Waals surface area (Å²) in [5.74, 6) is 0. The Balaban J connectivity index is 2.27. The number of nitrogens with two attached hydrogens (primary N) is 1. The highest BCUT2D eigenvalue weighted by Gasteiger charge is 2.21. The lowest BCUT2D eigenvalue weighted by Gasteiger charge is -2.14. The van der Waals surface area contributed by atoms with Gasteiger partial charge in [0, 0.05) is 27.6 Å². The first-order chi connectivity index (χ1) is 10.5. The third-order valence-electron chi connectivity index (χ3n) is 2.98. The van der Waals surface area contributed by atoms with Crippen molar-refractivity contribution in [3.63, 3.8) is 0 Å². The van der Waals surface area contributed by atoms with Crippen molar-refractivity contribution >= 4 is 23.1 Å². The maximum Gasteiger partial charge on any atom is 0.269 e. The fourth-order valence-corrected chi connectivity index (χ4v) is 3.06. The van der Waals surface area contributed by atoms with Crippen LogP contribution >= 0.6 is 11.8 Å². The van der Waals surface area contributed by atoms with E-state index in [1.54, 1.807) is 36.4 Å². The third kappa shape index (κ3) is 3.95. The molecule has 0 aliphatic rings. The van der Waals surface area contributed by atoms with Gasteiger partial charge in [-0.1, -0.05) is 24.3 Å². The molecule has 2 aromatic rings. The largest absolute Gasteiger partial charge is 0.398 e. The number of nitro groups is 2. The van der Waals surface area contributed by atoms with Crippen LogP contribution in [-0.4, -0.2) is 16.4 Å². The Kier molecular flexibility index (Phi) is 4.95. The molecule has 0 spiro atoms. The Bertz CT molecular complexity index is 691. The molecule has 2 N–H and O–H groups in total. The quantitative estimate of drug-likeness (QED) is 0.378. The lowest BCUT2D eigenvalue weighted by Crippen LogP contribution is -2.10. The van der Waals surface area contributed by atoms with Gasteiger partial charge in [0.1, 0.15) is 0 Å². The molecule has 2 aromatic carbocycles. The molecule has 22 heavy (non-hydrogen) atoms. The van der Waals surface area contributed by atoms with Crippen LogP contribution in [0.25, 0.3) is 0 Å². The van der Waals surface area contributed by atoms with Crippen molar-refractivity contribution in [2.75, 3.05) is 12.3 Å².